The Labute approximate surface area is 164 Å². The van der Waals surface area contributed by atoms with Gasteiger partial charge in [0, 0.05) is 6.54 Å². The smallest absolute Gasteiger partial charge is 0.277 e. The van der Waals surface area contributed by atoms with Gasteiger partial charge in [0.25, 0.3) is 11.1 Å². The lowest BCUT2D eigenvalue weighted by atomic mass is 10.2. The number of thioether (sulfide) groups is 1. The Bertz CT molecular complexity index is 934. The molecule has 2 heterocycles. The van der Waals surface area contributed by atoms with Crippen LogP contribution in [0.2, 0.25) is 0 Å². The zero-order chi connectivity index (χ0) is 19.1. The molecule has 0 bridgehead atoms. The van der Waals surface area contributed by atoms with Gasteiger partial charge >= 0.3 is 0 Å². The first-order valence-electron chi connectivity index (χ1n) is 8.03. The number of nitrogens with zero attached hydrogens (tertiary/aromatic N) is 4. The highest BCUT2D eigenvalue weighted by molar-refractivity contribution is 7.99. The maximum atomic E-state index is 12.8. The Morgan fingerprint density at radius 2 is 2.19 bits per heavy atom. The van der Waals surface area contributed by atoms with Crippen molar-refractivity contribution in [1.29, 1.82) is 5.26 Å². The lowest BCUT2D eigenvalue weighted by Crippen LogP contribution is -2.33. The number of nitriles is 1. The molecule has 1 aromatic carbocycles. The normalized spacial score (nSPS) is 10.4. The van der Waals surface area contributed by atoms with Crippen LogP contribution >= 0.6 is 23.1 Å². The van der Waals surface area contributed by atoms with E-state index in [-0.39, 0.29) is 24.6 Å². The molecule has 1 amide bonds. The number of rotatable bonds is 8. The third-order valence-corrected chi connectivity index (χ3v) is 5.24. The molecule has 0 aliphatic rings. The minimum Gasteiger partial charge on any atom is -0.495 e. The van der Waals surface area contributed by atoms with Gasteiger partial charge < -0.3 is 14.1 Å². The molecule has 0 saturated carbocycles. The molecule has 138 valence electrons. The molecule has 9 heteroatoms. The van der Waals surface area contributed by atoms with Crippen molar-refractivity contribution in [1.82, 2.24) is 10.2 Å². The van der Waals surface area contributed by atoms with Crippen LogP contribution in [0.5, 0.6) is 5.75 Å². The van der Waals surface area contributed by atoms with Gasteiger partial charge in [-0.2, -0.15) is 5.26 Å². The lowest BCUT2D eigenvalue weighted by molar-refractivity contribution is -0.116. The number of methoxy groups -OCH3 is 1. The van der Waals surface area contributed by atoms with E-state index in [1.54, 1.807) is 24.1 Å². The number of amides is 1. The number of hydrogen-bond acceptors (Lipinski definition) is 8. The monoisotopic (exact) mass is 400 g/mol. The molecule has 27 heavy (non-hydrogen) atoms. The van der Waals surface area contributed by atoms with E-state index in [4.69, 9.17) is 14.4 Å². The second-order valence-corrected chi connectivity index (χ2v) is 7.14. The molecule has 0 atom stereocenters. The fourth-order valence-corrected chi connectivity index (χ4v) is 3.65. The summed E-state index contributed by atoms with van der Waals surface area (Å²) in [5.74, 6) is 0.948. The quantitative estimate of drug-likeness (QED) is 0.530. The van der Waals surface area contributed by atoms with Crippen molar-refractivity contribution in [3.8, 4) is 22.6 Å². The van der Waals surface area contributed by atoms with Gasteiger partial charge in [0.15, 0.2) is 0 Å². The standard InChI is InChI=1S/C18H16N4O3S2/c1-24-14-7-3-2-6-13(14)22(10-5-9-19)16(23)12-27-18-21-20-17(25-18)15-8-4-11-26-15/h2-4,6-8,11H,5,10,12H2,1H3. The van der Waals surface area contributed by atoms with Gasteiger partial charge in [-0.05, 0) is 23.6 Å². The number of thiophene rings is 1. The van der Waals surface area contributed by atoms with Crippen molar-refractivity contribution in [2.45, 2.75) is 11.6 Å². The van der Waals surface area contributed by atoms with Crippen LogP contribution in [0.15, 0.2) is 51.4 Å². The van der Waals surface area contributed by atoms with Crippen LogP contribution in [0.25, 0.3) is 10.8 Å². The van der Waals surface area contributed by atoms with E-state index in [0.29, 0.717) is 22.6 Å². The summed E-state index contributed by atoms with van der Waals surface area (Å²) in [6.45, 7) is 0.278. The van der Waals surface area contributed by atoms with Gasteiger partial charge in [-0.15, -0.1) is 21.5 Å². The molecular formula is C18H16N4O3S2. The van der Waals surface area contributed by atoms with Crippen molar-refractivity contribution >= 4 is 34.7 Å². The molecule has 0 saturated heterocycles. The van der Waals surface area contributed by atoms with Gasteiger partial charge in [0.1, 0.15) is 5.75 Å². The zero-order valence-corrected chi connectivity index (χ0v) is 16.1. The first kappa shape index (κ1) is 18.9. The lowest BCUT2D eigenvalue weighted by Gasteiger charge is -2.23. The maximum absolute atomic E-state index is 12.8. The molecule has 0 unspecified atom stereocenters. The summed E-state index contributed by atoms with van der Waals surface area (Å²) in [6.07, 6.45) is 0.220. The average molecular weight is 400 g/mol. The van der Waals surface area contributed by atoms with Gasteiger partial charge in [0.2, 0.25) is 5.91 Å². The first-order chi connectivity index (χ1) is 13.2. The molecule has 0 aliphatic carbocycles. The Balaban J connectivity index is 1.70. The number of hydrogen-bond donors (Lipinski definition) is 0. The van der Waals surface area contributed by atoms with Gasteiger partial charge in [0.05, 0.1) is 35.9 Å². The van der Waals surface area contributed by atoms with E-state index >= 15 is 0 Å². The number of ether oxygens (including phenoxy) is 1. The Morgan fingerprint density at radius 3 is 2.93 bits per heavy atom. The first-order valence-corrected chi connectivity index (χ1v) is 9.90. The largest absolute Gasteiger partial charge is 0.495 e. The molecule has 3 aromatic rings. The van der Waals surface area contributed by atoms with Crippen molar-refractivity contribution in [3.63, 3.8) is 0 Å². The molecule has 3 rings (SSSR count). The second-order valence-electron chi connectivity index (χ2n) is 5.26. The van der Waals surface area contributed by atoms with Crippen LogP contribution in [0.4, 0.5) is 5.69 Å². The molecule has 0 aliphatic heterocycles. The maximum Gasteiger partial charge on any atom is 0.277 e. The summed E-state index contributed by atoms with van der Waals surface area (Å²) in [5, 5.41) is 19.1. The summed E-state index contributed by atoms with van der Waals surface area (Å²) in [5.41, 5.74) is 0.630. The minimum atomic E-state index is -0.171. The van der Waals surface area contributed by atoms with Crippen molar-refractivity contribution in [2.75, 3.05) is 24.3 Å². The summed E-state index contributed by atoms with van der Waals surface area (Å²) in [6, 6.07) is 13.1. The molecular weight excluding hydrogens is 384 g/mol. The summed E-state index contributed by atoms with van der Waals surface area (Å²) >= 11 is 2.67. The second kappa shape index (κ2) is 9.21. The third-order valence-electron chi connectivity index (χ3n) is 3.58. The predicted octanol–water partition coefficient (Wildman–Crippen LogP) is 3.85. The van der Waals surface area contributed by atoms with Gasteiger partial charge in [-0.25, -0.2) is 0 Å². The summed E-state index contributed by atoms with van der Waals surface area (Å²) in [7, 11) is 1.55. The molecule has 0 spiro atoms. The number of carbonyl (C=O) groups excluding carboxylic acids is 1. The topological polar surface area (TPSA) is 92.2 Å². The predicted molar refractivity (Wildman–Crippen MR) is 104 cm³/mol. The minimum absolute atomic E-state index is 0.107. The van der Waals surface area contributed by atoms with Crippen molar-refractivity contribution < 1.29 is 13.9 Å². The van der Waals surface area contributed by atoms with E-state index in [0.717, 1.165) is 4.88 Å². The fourth-order valence-electron chi connectivity index (χ4n) is 2.36. The number of anilines is 1. The van der Waals surface area contributed by atoms with Crippen LogP contribution < -0.4 is 9.64 Å². The highest BCUT2D eigenvalue weighted by atomic mass is 32.2. The zero-order valence-electron chi connectivity index (χ0n) is 14.5. The van der Waals surface area contributed by atoms with Crippen LogP contribution in [-0.4, -0.2) is 35.5 Å². The van der Waals surface area contributed by atoms with E-state index in [2.05, 4.69) is 16.3 Å². The van der Waals surface area contributed by atoms with Gasteiger partial charge in [-0.1, -0.05) is 30.0 Å². The molecule has 0 radical (unpaired) electrons. The van der Waals surface area contributed by atoms with Crippen LogP contribution in [0, 0.1) is 11.3 Å². The highest BCUT2D eigenvalue weighted by Crippen LogP contribution is 2.30. The molecule has 7 nitrogen and oxygen atoms in total. The van der Waals surface area contributed by atoms with Crippen molar-refractivity contribution in [2.24, 2.45) is 0 Å². The molecule has 2 aromatic heterocycles. The van der Waals surface area contributed by atoms with E-state index in [1.807, 2.05) is 29.6 Å². The third kappa shape index (κ3) is 4.67. The van der Waals surface area contributed by atoms with Gasteiger partial charge in [-0.3, -0.25) is 4.79 Å². The van der Waals surface area contributed by atoms with Crippen LogP contribution in [0.1, 0.15) is 6.42 Å². The van der Waals surface area contributed by atoms with Crippen LogP contribution in [0.3, 0.4) is 0 Å². The number of para-hydroxylation sites is 2. The van der Waals surface area contributed by atoms with Crippen molar-refractivity contribution in [3.05, 3.63) is 41.8 Å². The fraction of sp³-hybridized carbons (Fsp3) is 0.222. The van der Waals surface area contributed by atoms with E-state index < -0.39 is 0 Å². The highest BCUT2D eigenvalue weighted by Gasteiger charge is 2.20. The Hall–Kier alpha value is -2.83. The summed E-state index contributed by atoms with van der Waals surface area (Å²) < 4.78 is 10.9. The Kier molecular flexibility index (Phi) is 6.46. The molecule has 0 N–H and O–H groups in total. The van der Waals surface area contributed by atoms with Crippen LogP contribution in [-0.2, 0) is 4.79 Å². The average Bonchev–Trinajstić information content (AvgIpc) is 3.38. The molecule has 0 fully saturated rings. The Morgan fingerprint density at radius 1 is 1.33 bits per heavy atom. The number of aromatic nitrogens is 2. The van der Waals surface area contributed by atoms with E-state index in [1.165, 1.54) is 23.1 Å². The SMILES string of the molecule is COc1ccccc1N(CCC#N)C(=O)CSc1nnc(-c2cccs2)o1. The number of carbonyl (C=O) groups is 1. The van der Waals surface area contributed by atoms with E-state index in [9.17, 15) is 4.79 Å². The summed E-state index contributed by atoms with van der Waals surface area (Å²) in [4.78, 5) is 15.2. The number of benzene rings is 1.